The Bertz CT molecular complexity index is 915. The van der Waals surface area contributed by atoms with E-state index in [1.54, 1.807) is 12.1 Å². The first-order chi connectivity index (χ1) is 16.0. The lowest BCUT2D eigenvalue weighted by Crippen LogP contribution is -2.49. The summed E-state index contributed by atoms with van der Waals surface area (Å²) >= 11 is 0. The number of hydrogen-bond donors (Lipinski definition) is 3. The van der Waals surface area contributed by atoms with Crippen molar-refractivity contribution in [2.45, 2.75) is 51.9 Å². The fourth-order valence-corrected chi connectivity index (χ4v) is 4.13. The number of nitrogens with one attached hydrogen (secondary N) is 1. The molecule has 0 aromatic heterocycles. The summed E-state index contributed by atoms with van der Waals surface area (Å²) in [5.41, 5.74) is 10.5. The first kappa shape index (κ1) is 25.0. The minimum absolute atomic E-state index is 0.121. The van der Waals surface area contributed by atoms with Gasteiger partial charge >= 0.3 is 0 Å². The van der Waals surface area contributed by atoms with E-state index in [1.165, 1.54) is 16.7 Å². The van der Waals surface area contributed by atoms with Gasteiger partial charge < -0.3 is 16.2 Å². The Morgan fingerprint density at radius 2 is 1.45 bits per heavy atom. The standard InChI is InChI=1S/C29H39N3O/c1-3-23(2)29(30)22-32(21-26-12-8-5-9-13-26)27(18-24-14-16-28(33)17-15-24)20-31-19-25-10-6-4-7-11-25/h4-17,23,27,29,31,33H,3,18-22,30H2,1-2H3/t23?,27-,29+/m0/s1. The molecule has 0 bridgehead atoms. The van der Waals surface area contributed by atoms with Crippen LogP contribution in [0.2, 0.25) is 0 Å². The van der Waals surface area contributed by atoms with Gasteiger partial charge in [-0.2, -0.15) is 0 Å². The van der Waals surface area contributed by atoms with Crippen molar-refractivity contribution in [3.8, 4) is 5.75 Å². The van der Waals surface area contributed by atoms with Gasteiger partial charge in [-0.25, -0.2) is 0 Å². The molecule has 0 aliphatic heterocycles. The number of nitrogens with two attached hydrogens (primary N) is 1. The van der Waals surface area contributed by atoms with Gasteiger partial charge in [0.2, 0.25) is 0 Å². The van der Waals surface area contributed by atoms with Crippen molar-refractivity contribution in [2.24, 2.45) is 11.7 Å². The predicted octanol–water partition coefficient (Wildman–Crippen LogP) is 4.97. The van der Waals surface area contributed by atoms with E-state index in [1.807, 2.05) is 12.1 Å². The van der Waals surface area contributed by atoms with Crippen LogP contribution in [0.15, 0.2) is 84.9 Å². The van der Waals surface area contributed by atoms with Crippen LogP contribution in [0.3, 0.4) is 0 Å². The van der Waals surface area contributed by atoms with E-state index in [9.17, 15) is 5.11 Å². The van der Waals surface area contributed by atoms with Gasteiger partial charge in [0.15, 0.2) is 0 Å². The molecule has 0 aliphatic rings. The summed E-state index contributed by atoms with van der Waals surface area (Å²) in [5, 5.41) is 13.4. The lowest BCUT2D eigenvalue weighted by molar-refractivity contribution is 0.156. The van der Waals surface area contributed by atoms with Crippen molar-refractivity contribution < 1.29 is 5.11 Å². The normalized spacial score (nSPS) is 14.2. The third kappa shape index (κ3) is 8.32. The molecule has 0 fully saturated rings. The molecule has 3 aromatic carbocycles. The van der Waals surface area contributed by atoms with Crippen LogP contribution in [0.25, 0.3) is 0 Å². The van der Waals surface area contributed by atoms with Crippen LogP contribution in [0.4, 0.5) is 0 Å². The molecule has 3 rings (SSSR count). The summed E-state index contributed by atoms with van der Waals surface area (Å²) in [6.07, 6.45) is 1.97. The zero-order valence-electron chi connectivity index (χ0n) is 20.0. The van der Waals surface area contributed by atoms with E-state index in [0.29, 0.717) is 11.7 Å². The highest BCUT2D eigenvalue weighted by Gasteiger charge is 2.23. The number of aromatic hydroxyl groups is 1. The van der Waals surface area contributed by atoms with Gasteiger partial charge in [0.25, 0.3) is 0 Å². The molecule has 176 valence electrons. The smallest absolute Gasteiger partial charge is 0.115 e. The minimum Gasteiger partial charge on any atom is -0.508 e. The minimum atomic E-state index is 0.121. The van der Waals surface area contributed by atoms with Crippen molar-refractivity contribution in [2.75, 3.05) is 13.1 Å². The van der Waals surface area contributed by atoms with Crippen LogP contribution < -0.4 is 11.1 Å². The Kier molecular flexibility index (Phi) is 9.95. The SMILES string of the molecule is CCC(C)[C@H](N)CN(Cc1ccccc1)[C@H](CNCc1ccccc1)Cc1ccc(O)cc1. The topological polar surface area (TPSA) is 61.5 Å². The van der Waals surface area contributed by atoms with Crippen molar-refractivity contribution in [1.82, 2.24) is 10.2 Å². The van der Waals surface area contributed by atoms with Gasteiger partial charge in [-0.05, 0) is 41.2 Å². The number of rotatable bonds is 13. The second-order valence-corrected chi connectivity index (χ2v) is 9.11. The Hall–Kier alpha value is -2.66. The Morgan fingerprint density at radius 1 is 0.848 bits per heavy atom. The molecule has 1 unspecified atom stereocenters. The molecule has 0 aliphatic carbocycles. The quantitative estimate of drug-likeness (QED) is 0.348. The zero-order valence-corrected chi connectivity index (χ0v) is 20.0. The molecule has 4 heteroatoms. The molecule has 33 heavy (non-hydrogen) atoms. The van der Waals surface area contributed by atoms with Gasteiger partial charge in [-0.15, -0.1) is 0 Å². The van der Waals surface area contributed by atoms with Crippen LogP contribution in [0, 0.1) is 5.92 Å². The number of hydrogen-bond acceptors (Lipinski definition) is 4. The molecule has 4 nitrogen and oxygen atoms in total. The maximum absolute atomic E-state index is 9.73. The summed E-state index contributed by atoms with van der Waals surface area (Å²) in [5.74, 6) is 0.771. The molecule has 0 radical (unpaired) electrons. The zero-order chi connectivity index (χ0) is 23.5. The van der Waals surface area contributed by atoms with Crippen molar-refractivity contribution in [3.63, 3.8) is 0 Å². The average molecular weight is 446 g/mol. The fourth-order valence-electron chi connectivity index (χ4n) is 4.13. The van der Waals surface area contributed by atoms with Crippen LogP contribution in [0.5, 0.6) is 5.75 Å². The number of phenolic OH excluding ortho intramolecular Hbond substituents is 1. The molecule has 0 amide bonds. The lowest BCUT2D eigenvalue weighted by Gasteiger charge is -2.35. The van der Waals surface area contributed by atoms with Crippen LogP contribution in [-0.4, -0.2) is 35.2 Å². The Balaban J connectivity index is 1.80. The van der Waals surface area contributed by atoms with Crippen LogP contribution in [-0.2, 0) is 19.5 Å². The van der Waals surface area contributed by atoms with Gasteiger partial charge in [-0.3, -0.25) is 4.90 Å². The van der Waals surface area contributed by atoms with Gasteiger partial charge in [-0.1, -0.05) is 93.1 Å². The second-order valence-electron chi connectivity index (χ2n) is 9.11. The third-order valence-corrected chi connectivity index (χ3v) is 6.52. The van der Waals surface area contributed by atoms with Crippen LogP contribution in [0.1, 0.15) is 37.0 Å². The monoisotopic (exact) mass is 445 g/mol. The lowest BCUT2D eigenvalue weighted by atomic mass is 9.97. The van der Waals surface area contributed by atoms with Gasteiger partial charge in [0.1, 0.15) is 5.75 Å². The highest BCUT2D eigenvalue weighted by atomic mass is 16.3. The first-order valence-corrected chi connectivity index (χ1v) is 12.1. The van der Waals surface area contributed by atoms with E-state index < -0.39 is 0 Å². The molecule has 0 saturated carbocycles. The average Bonchev–Trinajstić information content (AvgIpc) is 2.85. The Morgan fingerprint density at radius 3 is 2.06 bits per heavy atom. The number of nitrogens with zero attached hydrogens (tertiary/aromatic N) is 1. The molecule has 3 atom stereocenters. The predicted molar refractivity (Wildman–Crippen MR) is 138 cm³/mol. The largest absolute Gasteiger partial charge is 0.508 e. The third-order valence-electron chi connectivity index (χ3n) is 6.52. The van der Waals surface area contributed by atoms with E-state index >= 15 is 0 Å². The fraction of sp³-hybridized carbons (Fsp3) is 0.379. The summed E-state index contributed by atoms with van der Waals surface area (Å²) < 4.78 is 0. The van der Waals surface area contributed by atoms with Crippen molar-refractivity contribution >= 4 is 0 Å². The highest BCUT2D eigenvalue weighted by molar-refractivity contribution is 5.26. The van der Waals surface area contributed by atoms with Gasteiger partial charge in [0.05, 0.1) is 0 Å². The second kappa shape index (κ2) is 13.1. The first-order valence-electron chi connectivity index (χ1n) is 12.1. The van der Waals surface area contributed by atoms with E-state index in [0.717, 1.165) is 39.0 Å². The highest BCUT2D eigenvalue weighted by Crippen LogP contribution is 2.18. The summed E-state index contributed by atoms with van der Waals surface area (Å²) in [6.45, 7) is 7.86. The molecule has 4 N–H and O–H groups in total. The molecule has 0 spiro atoms. The molecule has 0 saturated heterocycles. The molecular weight excluding hydrogens is 406 g/mol. The molecule has 3 aromatic rings. The van der Waals surface area contributed by atoms with Crippen molar-refractivity contribution in [1.29, 1.82) is 0 Å². The summed E-state index contributed by atoms with van der Waals surface area (Å²) in [7, 11) is 0. The Labute approximate surface area is 199 Å². The summed E-state index contributed by atoms with van der Waals surface area (Å²) in [6, 6.07) is 29.2. The molecular formula is C29H39N3O. The number of phenols is 1. The molecule has 0 heterocycles. The van der Waals surface area contributed by atoms with E-state index in [-0.39, 0.29) is 12.1 Å². The van der Waals surface area contributed by atoms with E-state index in [4.69, 9.17) is 5.73 Å². The van der Waals surface area contributed by atoms with Crippen LogP contribution >= 0.6 is 0 Å². The van der Waals surface area contributed by atoms with E-state index in [2.05, 4.69) is 84.7 Å². The van der Waals surface area contributed by atoms with Gasteiger partial charge in [0, 0.05) is 38.3 Å². The maximum Gasteiger partial charge on any atom is 0.115 e. The van der Waals surface area contributed by atoms with Crippen molar-refractivity contribution in [3.05, 3.63) is 102 Å². The summed E-state index contributed by atoms with van der Waals surface area (Å²) in [4.78, 5) is 2.54. The number of benzene rings is 3. The maximum atomic E-state index is 9.73.